The molecule has 1 aromatic carbocycles. The molecule has 17 heavy (non-hydrogen) atoms. The zero-order valence-electron chi connectivity index (χ0n) is 10.6. The van der Waals surface area contributed by atoms with Crippen molar-refractivity contribution in [1.29, 1.82) is 5.26 Å². The van der Waals surface area contributed by atoms with Crippen molar-refractivity contribution in [3.8, 4) is 6.07 Å². The molecule has 0 spiro atoms. The average molecular weight is 234 g/mol. The van der Waals surface area contributed by atoms with Gasteiger partial charge < -0.3 is 5.32 Å². The minimum atomic E-state index is -0.452. The molecule has 0 fully saturated rings. The highest BCUT2D eigenvalue weighted by Gasteiger charge is 2.06. The summed E-state index contributed by atoms with van der Waals surface area (Å²) in [6, 6.07) is 6.94. The van der Waals surface area contributed by atoms with Crippen LogP contribution in [0.5, 0.6) is 0 Å². The minimum absolute atomic E-state index is 0.112. The van der Waals surface area contributed by atoms with E-state index < -0.39 is 5.82 Å². The second-order valence-corrected chi connectivity index (χ2v) is 4.84. The van der Waals surface area contributed by atoms with E-state index in [9.17, 15) is 4.39 Å². The van der Waals surface area contributed by atoms with Crippen LogP contribution < -0.4 is 5.32 Å². The number of benzene rings is 1. The van der Waals surface area contributed by atoms with E-state index >= 15 is 0 Å². The Morgan fingerprint density at radius 3 is 2.65 bits per heavy atom. The number of hydrogen-bond donors (Lipinski definition) is 1. The topological polar surface area (TPSA) is 35.8 Å². The van der Waals surface area contributed by atoms with Gasteiger partial charge in [-0.1, -0.05) is 19.9 Å². The van der Waals surface area contributed by atoms with Crippen LogP contribution >= 0.6 is 0 Å². The molecule has 0 aliphatic carbocycles. The SMILES string of the molecule is CC(C)CC(C)NCc1ccc(F)c(C#N)c1. The molecule has 1 N–H and O–H groups in total. The normalized spacial score (nSPS) is 12.5. The van der Waals surface area contributed by atoms with Crippen LogP contribution in [0.4, 0.5) is 4.39 Å². The van der Waals surface area contributed by atoms with E-state index in [0.717, 1.165) is 12.0 Å². The van der Waals surface area contributed by atoms with E-state index in [1.807, 2.05) is 6.07 Å². The van der Waals surface area contributed by atoms with Gasteiger partial charge in [0.25, 0.3) is 0 Å². The van der Waals surface area contributed by atoms with Crippen LogP contribution in [-0.2, 0) is 6.54 Å². The summed E-state index contributed by atoms with van der Waals surface area (Å²) < 4.78 is 13.1. The summed E-state index contributed by atoms with van der Waals surface area (Å²) >= 11 is 0. The van der Waals surface area contributed by atoms with Crippen LogP contribution in [-0.4, -0.2) is 6.04 Å². The van der Waals surface area contributed by atoms with E-state index in [2.05, 4.69) is 26.1 Å². The first-order valence-electron chi connectivity index (χ1n) is 5.94. The third kappa shape index (κ3) is 4.54. The van der Waals surface area contributed by atoms with E-state index in [0.29, 0.717) is 18.5 Å². The summed E-state index contributed by atoms with van der Waals surface area (Å²) in [5, 5.41) is 12.1. The van der Waals surface area contributed by atoms with Gasteiger partial charge in [0.05, 0.1) is 5.56 Å². The van der Waals surface area contributed by atoms with Gasteiger partial charge in [0, 0.05) is 12.6 Å². The van der Waals surface area contributed by atoms with Gasteiger partial charge in [0.2, 0.25) is 0 Å². The standard InChI is InChI=1S/C14H19FN2/c1-10(2)6-11(3)17-9-12-4-5-14(15)13(7-12)8-16/h4-5,7,10-11,17H,6,9H2,1-3H3. The van der Waals surface area contributed by atoms with Crippen molar-refractivity contribution in [1.82, 2.24) is 5.32 Å². The molecule has 0 amide bonds. The third-order valence-electron chi connectivity index (χ3n) is 2.63. The maximum Gasteiger partial charge on any atom is 0.140 e. The highest BCUT2D eigenvalue weighted by atomic mass is 19.1. The Morgan fingerprint density at radius 2 is 2.06 bits per heavy atom. The molecule has 1 atom stereocenters. The fourth-order valence-corrected chi connectivity index (χ4v) is 1.85. The van der Waals surface area contributed by atoms with Crippen molar-refractivity contribution in [2.45, 2.75) is 39.8 Å². The van der Waals surface area contributed by atoms with Crippen molar-refractivity contribution in [2.24, 2.45) is 5.92 Å². The molecule has 2 nitrogen and oxygen atoms in total. The summed E-state index contributed by atoms with van der Waals surface area (Å²) in [5.74, 6) is 0.201. The molecule has 0 radical (unpaired) electrons. The van der Waals surface area contributed by atoms with Gasteiger partial charge >= 0.3 is 0 Å². The van der Waals surface area contributed by atoms with Crippen molar-refractivity contribution >= 4 is 0 Å². The van der Waals surface area contributed by atoms with Crippen LogP contribution in [0.2, 0.25) is 0 Å². The Kier molecular flexibility index (Phi) is 5.11. The second-order valence-electron chi connectivity index (χ2n) is 4.84. The lowest BCUT2D eigenvalue weighted by atomic mass is 10.0. The van der Waals surface area contributed by atoms with Crippen LogP contribution in [0.3, 0.4) is 0 Å². The molecule has 0 aliphatic rings. The summed E-state index contributed by atoms with van der Waals surface area (Å²) in [6.07, 6.45) is 1.10. The predicted octanol–water partition coefficient (Wildman–Crippen LogP) is 3.22. The van der Waals surface area contributed by atoms with E-state index in [1.54, 1.807) is 12.1 Å². The fourth-order valence-electron chi connectivity index (χ4n) is 1.85. The average Bonchev–Trinajstić information content (AvgIpc) is 2.27. The van der Waals surface area contributed by atoms with Gasteiger partial charge in [-0.15, -0.1) is 0 Å². The third-order valence-corrected chi connectivity index (χ3v) is 2.63. The molecule has 0 saturated heterocycles. The van der Waals surface area contributed by atoms with Gasteiger partial charge in [-0.3, -0.25) is 0 Å². The van der Waals surface area contributed by atoms with Crippen LogP contribution in [0.15, 0.2) is 18.2 Å². The van der Waals surface area contributed by atoms with Gasteiger partial charge in [-0.25, -0.2) is 4.39 Å². The smallest absolute Gasteiger partial charge is 0.140 e. The summed E-state index contributed by atoms with van der Waals surface area (Å²) in [6.45, 7) is 7.17. The van der Waals surface area contributed by atoms with Gasteiger partial charge in [0.15, 0.2) is 0 Å². The van der Waals surface area contributed by atoms with Crippen LogP contribution in [0, 0.1) is 23.1 Å². The molecule has 0 aliphatic heterocycles. The largest absolute Gasteiger partial charge is 0.310 e. The molecule has 1 unspecified atom stereocenters. The number of rotatable bonds is 5. The van der Waals surface area contributed by atoms with E-state index in [4.69, 9.17) is 5.26 Å². The molecular weight excluding hydrogens is 215 g/mol. The fraction of sp³-hybridized carbons (Fsp3) is 0.500. The lowest BCUT2D eigenvalue weighted by Crippen LogP contribution is -2.26. The summed E-state index contributed by atoms with van der Waals surface area (Å²) in [5.41, 5.74) is 1.05. The monoisotopic (exact) mass is 234 g/mol. The Balaban J connectivity index is 2.55. The lowest BCUT2D eigenvalue weighted by Gasteiger charge is -2.16. The Labute approximate surface area is 102 Å². The number of halogens is 1. The number of hydrogen-bond acceptors (Lipinski definition) is 2. The molecule has 1 aromatic rings. The van der Waals surface area contributed by atoms with Crippen molar-refractivity contribution in [3.05, 3.63) is 35.1 Å². The lowest BCUT2D eigenvalue weighted by molar-refractivity contribution is 0.441. The molecule has 1 rings (SSSR count). The highest BCUT2D eigenvalue weighted by Crippen LogP contribution is 2.10. The van der Waals surface area contributed by atoms with Crippen molar-refractivity contribution < 1.29 is 4.39 Å². The van der Waals surface area contributed by atoms with Crippen LogP contribution in [0.25, 0.3) is 0 Å². The number of nitrogens with one attached hydrogen (secondary N) is 1. The van der Waals surface area contributed by atoms with Crippen molar-refractivity contribution in [3.63, 3.8) is 0 Å². The number of nitrogens with zero attached hydrogens (tertiary/aromatic N) is 1. The molecule has 0 heterocycles. The van der Waals surface area contributed by atoms with Crippen molar-refractivity contribution in [2.75, 3.05) is 0 Å². The predicted molar refractivity (Wildman–Crippen MR) is 66.9 cm³/mol. The van der Waals surface area contributed by atoms with Gasteiger partial charge in [0.1, 0.15) is 11.9 Å². The van der Waals surface area contributed by atoms with Gasteiger partial charge in [-0.2, -0.15) is 5.26 Å². The van der Waals surface area contributed by atoms with Gasteiger partial charge in [-0.05, 0) is 37.0 Å². The first kappa shape index (κ1) is 13.7. The zero-order valence-corrected chi connectivity index (χ0v) is 10.6. The summed E-state index contributed by atoms with van der Waals surface area (Å²) in [7, 11) is 0. The highest BCUT2D eigenvalue weighted by molar-refractivity contribution is 5.34. The van der Waals surface area contributed by atoms with E-state index in [-0.39, 0.29) is 5.56 Å². The Morgan fingerprint density at radius 1 is 1.35 bits per heavy atom. The first-order valence-corrected chi connectivity index (χ1v) is 5.94. The Hall–Kier alpha value is -1.40. The Bertz CT molecular complexity index is 407. The first-order chi connectivity index (χ1) is 8.02. The number of nitriles is 1. The summed E-state index contributed by atoms with van der Waals surface area (Å²) in [4.78, 5) is 0. The minimum Gasteiger partial charge on any atom is -0.310 e. The molecular formula is C14H19FN2. The molecule has 0 saturated carbocycles. The molecule has 92 valence electrons. The molecule has 3 heteroatoms. The van der Waals surface area contributed by atoms with E-state index in [1.165, 1.54) is 6.07 Å². The zero-order chi connectivity index (χ0) is 12.8. The maximum absolute atomic E-state index is 13.1. The maximum atomic E-state index is 13.1. The quantitative estimate of drug-likeness (QED) is 0.849. The van der Waals surface area contributed by atoms with Crippen LogP contribution in [0.1, 0.15) is 38.3 Å². The molecule has 0 bridgehead atoms. The second kappa shape index (κ2) is 6.36. The molecule has 0 aromatic heterocycles.